The maximum Gasteiger partial charge on any atom is 0.325 e. The number of rotatable bonds is 4. The van der Waals surface area contributed by atoms with Crippen LogP contribution in [0.25, 0.3) is 10.2 Å². The maximum atomic E-state index is 12.5. The smallest absolute Gasteiger partial charge is 0.323 e. The molecule has 7 nitrogen and oxygen atoms in total. The Kier molecular flexibility index (Phi) is 3.54. The Bertz CT molecular complexity index is 904. The first-order chi connectivity index (χ1) is 11.9. The number of para-hydroxylation sites is 1. The van der Waals surface area contributed by atoms with Crippen molar-refractivity contribution in [3.05, 3.63) is 23.8 Å². The number of carbonyl (C=O) groups excluding carboxylic acids is 3. The Morgan fingerprint density at radius 2 is 2.20 bits per heavy atom. The van der Waals surface area contributed by atoms with Crippen LogP contribution in [-0.2, 0) is 9.59 Å². The number of thiazole rings is 1. The lowest BCUT2D eigenvalue weighted by Crippen LogP contribution is -2.46. The monoisotopic (exact) mass is 358 g/mol. The van der Waals surface area contributed by atoms with Gasteiger partial charge in [-0.3, -0.25) is 14.5 Å². The summed E-state index contributed by atoms with van der Waals surface area (Å²) in [4.78, 5) is 42.4. The highest BCUT2D eigenvalue weighted by Crippen LogP contribution is 2.42. The molecular weight excluding hydrogens is 340 g/mol. The summed E-state index contributed by atoms with van der Waals surface area (Å²) in [5, 5.41) is 5.89. The van der Waals surface area contributed by atoms with Gasteiger partial charge >= 0.3 is 6.03 Å². The van der Waals surface area contributed by atoms with Crippen LogP contribution in [0.15, 0.2) is 18.2 Å². The topological polar surface area (TPSA) is 91.4 Å². The molecule has 1 unspecified atom stereocenters. The summed E-state index contributed by atoms with van der Waals surface area (Å²) in [5.41, 5.74) is 1.01. The highest BCUT2D eigenvalue weighted by Gasteiger charge is 2.56. The van der Waals surface area contributed by atoms with Crippen molar-refractivity contribution in [2.45, 2.75) is 32.2 Å². The second-order valence-electron chi connectivity index (χ2n) is 6.79. The second-order valence-corrected chi connectivity index (χ2v) is 7.82. The van der Waals surface area contributed by atoms with Gasteiger partial charge in [-0.05, 0) is 44.2 Å². The highest BCUT2D eigenvalue weighted by molar-refractivity contribution is 7.22. The van der Waals surface area contributed by atoms with E-state index in [1.165, 1.54) is 11.3 Å². The molecule has 1 atom stereocenters. The van der Waals surface area contributed by atoms with Crippen molar-refractivity contribution in [3.8, 4) is 0 Å². The van der Waals surface area contributed by atoms with E-state index in [0.717, 1.165) is 33.5 Å². The minimum absolute atomic E-state index is 0.171. The van der Waals surface area contributed by atoms with Crippen LogP contribution in [0, 0.1) is 12.8 Å². The van der Waals surface area contributed by atoms with E-state index in [-0.39, 0.29) is 18.4 Å². The molecule has 4 rings (SSSR count). The van der Waals surface area contributed by atoms with Gasteiger partial charge in [-0.25, -0.2) is 9.78 Å². The third kappa shape index (κ3) is 2.66. The molecule has 2 fully saturated rings. The average Bonchev–Trinajstić information content (AvgIpc) is 3.29. The summed E-state index contributed by atoms with van der Waals surface area (Å²) in [6.45, 7) is 3.39. The van der Waals surface area contributed by atoms with E-state index >= 15 is 0 Å². The van der Waals surface area contributed by atoms with Gasteiger partial charge in [-0.1, -0.05) is 23.5 Å². The molecular formula is C17H18N4O3S. The highest BCUT2D eigenvalue weighted by atomic mass is 32.1. The first-order valence-electron chi connectivity index (χ1n) is 8.18. The van der Waals surface area contributed by atoms with Crippen molar-refractivity contribution < 1.29 is 14.4 Å². The van der Waals surface area contributed by atoms with Crippen molar-refractivity contribution in [1.29, 1.82) is 0 Å². The number of imide groups is 1. The third-order valence-electron chi connectivity index (χ3n) is 4.86. The SMILES string of the molecule is Cc1cccc2sc(NC(=O)CN3C(=O)NC(C)(C4CC4)C3=O)nc12. The van der Waals surface area contributed by atoms with Crippen LogP contribution in [0.4, 0.5) is 9.93 Å². The Balaban J connectivity index is 1.47. The van der Waals surface area contributed by atoms with Gasteiger partial charge < -0.3 is 10.6 Å². The number of hydrogen-bond acceptors (Lipinski definition) is 5. The van der Waals surface area contributed by atoms with E-state index < -0.39 is 17.5 Å². The molecule has 2 N–H and O–H groups in total. The summed E-state index contributed by atoms with van der Waals surface area (Å²) >= 11 is 1.37. The van der Waals surface area contributed by atoms with Crippen molar-refractivity contribution >= 4 is 44.5 Å². The first-order valence-corrected chi connectivity index (χ1v) is 9.00. The fourth-order valence-corrected chi connectivity index (χ4v) is 4.20. The van der Waals surface area contributed by atoms with E-state index in [4.69, 9.17) is 0 Å². The van der Waals surface area contributed by atoms with Crippen LogP contribution >= 0.6 is 11.3 Å². The molecule has 1 aromatic heterocycles. The van der Waals surface area contributed by atoms with E-state index in [0.29, 0.717) is 5.13 Å². The van der Waals surface area contributed by atoms with E-state index in [9.17, 15) is 14.4 Å². The number of aromatic nitrogens is 1. The van der Waals surface area contributed by atoms with Gasteiger partial charge in [0.25, 0.3) is 5.91 Å². The summed E-state index contributed by atoms with van der Waals surface area (Å²) in [7, 11) is 0. The van der Waals surface area contributed by atoms with Crippen LogP contribution in [0.3, 0.4) is 0 Å². The van der Waals surface area contributed by atoms with Gasteiger partial charge in [-0.15, -0.1) is 0 Å². The number of aryl methyl sites for hydroxylation is 1. The van der Waals surface area contributed by atoms with Crippen molar-refractivity contribution in [2.24, 2.45) is 5.92 Å². The molecule has 0 bridgehead atoms. The molecule has 2 aromatic rings. The normalized spacial score (nSPS) is 23.2. The molecule has 1 aliphatic carbocycles. The number of carbonyl (C=O) groups is 3. The number of hydrogen-bond donors (Lipinski definition) is 2. The van der Waals surface area contributed by atoms with E-state index in [1.807, 2.05) is 25.1 Å². The molecule has 1 aliphatic heterocycles. The van der Waals surface area contributed by atoms with Gasteiger partial charge in [-0.2, -0.15) is 0 Å². The zero-order valence-corrected chi connectivity index (χ0v) is 14.8. The number of fused-ring (bicyclic) bond motifs is 1. The quantitative estimate of drug-likeness (QED) is 0.820. The van der Waals surface area contributed by atoms with Gasteiger partial charge in [0, 0.05) is 0 Å². The Morgan fingerprint density at radius 1 is 1.44 bits per heavy atom. The second kappa shape index (κ2) is 5.52. The third-order valence-corrected chi connectivity index (χ3v) is 5.80. The number of amides is 4. The molecule has 0 spiro atoms. The summed E-state index contributed by atoms with van der Waals surface area (Å²) in [6.07, 6.45) is 1.85. The van der Waals surface area contributed by atoms with Gasteiger partial charge in [0.05, 0.1) is 10.2 Å². The predicted octanol–water partition coefficient (Wildman–Crippen LogP) is 2.26. The molecule has 0 radical (unpaired) electrons. The van der Waals surface area contributed by atoms with Crippen LogP contribution in [0.1, 0.15) is 25.3 Å². The lowest BCUT2D eigenvalue weighted by molar-refractivity contribution is -0.134. The number of nitrogens with one attached hydrogen (secondary N) is 2. The van der Waals surface area contributed by atoms with Gasteiger partial charge in [0.1, 0.15) is 12.1 Å². The fraction of sp³-hybridized carbons (Fsp3) is 0.412. The van der Waals surface area contributed by atoms with Crippen molar-refractivity contribution in [1.82, 2.24) is 15.2 Å². The Hall–Kier alpha value is -2.48. The number of anilines is 1. The largest absolute Gasteiger partial charge is 0.325 e. The molecule has 25 heavy (non-hydrogen) atoms. The lowest BCUT2D eigenvalue weighted by Gasteiger charge is -2.20. The number of benzene rings is 1. The summed E-state index contributed by atoms with van der Waals surface area (Å²) in [5.74, 6) is -0.584. The minimum atomic E-state index is -0.871. The number of nitrogens with zero attached hydrogens (tertiary/aromatic N) is 2. The van der Waals surface area contributed by atoms with Crippen LogP contribution in [-0.4, -0.2) is 39.8 Å². The molecule has 8 heteroatoms. The fourth-order valence-electron chi connectivity index (χ4n) is 3.24. The summed E-state index contributed by atoms with van der Waals surface area (Å²) < 4.78 is 0.978. The molecule has 1 saturated heterocycles. The standard InChI is InChI=1S/C17H18N4O3S/c1-9-4-3-5-11-13(9)19-15(25-11)18-12(22)8-21-14(23)17(2,10-6-7-10)20-16(21)24/h3-5,10H,6-8H2,1-2H3,(H,20,24)(H,18,19,22). The zero-order valence-electron chi connectivity index (χ0n) is 14.0. The lowest BCUT2D eigenvalue weighted by atomic mass is 9.96. The molecule has 1 aromatic carbocycles. The van der Waals surface area contributed by atoms with Crippen molar-refractivity contribution in [3.63, 3.8) is 0 Å². The molecule has 2 aliphatic rings. The Morgan fingerprint density at radius 3 is 2.88 bits per heavy atom. The molecule has 130 valence electrons. The van der Waals surface area contributed by atoms with E-state index in [2.05, 4.69) is 15.6 Å². The van der Waals surface area contributed by atoms with Crippen molar-refractivity contribution in [2.75, 3.05) is 11.9 Å². The minimum Gasteiger partial charge on any atom is -0.323 e. The van der Waals surface area contributed by atoms with Crippen LogP contribution < -0.4 is 10.6 Å². The average molecular weight is 358 g/mol. The van der Waals surface area contributed by atoms with Gasteiger partial charge in [0.2, 0.25) is 5.91 Å². The molecule has 2 heterocycles. The summed E-state index contributed by atoms with van der Waals surface area (Å²) in [6, 6.07) is 5.33. The molecule has 1 saturated carbocycles. The van der Waals surface area contributed by atoms with Gasteiger partial charge in [0.15, 0.2) is 5.13 Å². The molecule has 4 amide bonds. The first kappa shape index (κ1) is 16.0. The Labute approximate surface area is 148 Å². The maximum absolute atomic E-state index is 12.5. The van der Waals surface area contributed by atoms with E-state index in [1.54, 1.807) is 6.92 Å². The van der Waals surface area contributed by atoms with Crippen LogP contribution in [0.5, 0.6) is 0 Å². The zero-order chi connectivity index (χ0) is 17.8. The predicted molar refractivity (Wildman–Crippen MR) is 94.4 cm³/mol. The number of urea groups is 1. The van der Waals surface area contributed by atoms with Crippen LogP contribution in [0.2, 0.25) is 0 Å².